The second kappa shape index (κ2) is 10.1. The predicted molar refractivity (Wildman–Crippen MR) is 124 cm³/mol. The van der Waals surface area contributed by atoms with Gasteiger partial charge in [0.05, 0.1) is 29.3 Å². The SMILES string of the molecule is CCN(CC)CCN1C(=O)C(=O)/C(=C(/O)c2cc(C)cc(Cl)c2OC)C1c1cccnc1. The first-order valence-electron chi connectivity index (χ1n) is 10.6. The monoisotopic (exact) mass is 457 g/mol. The van der Waals surface area contributed by atoms with Gasteiger partial charge >= 0.3 is 0 Å². The number of pyridine rings is 1. The van der Waals surface area contributed by atoms with E-state index >= 15 is 0 Å². The highest BCUT2D eigenvalue weighted by Gasteiger charge is 2.46. The molecule has 1 aliphatic rings. The van der Waals surface area contributed by atoms with Crippen LogP contribution in [-0.2, 0) is 9.59 Å². The predicted octanol–water partition coefficient (Wildman–Crippen LogP) is 3.82. The van der Waals surface area contributed by atoms with E-state index in [-0.39, 0.29) is 22.6 Å². The Morgan fingerprint density at radius 1 is 1.28 bits per heavy atom. The number of amides is 1. The Morgan fingerprint density at radius 3 is 2.59 bits per heavy atom. The minimum atomic E-state index is -0.761. The molecule has 1 atom stereocenters. The first-order chi connectivity index (χ1) is 15.3. The summed E-state index contributed by atoms with van der Waals surface area (Å²) in [6.07, 6.45) is 3.23. The molecule has 2 heterocycles. The Morgan fingerprint density at radius 2 is 2.00 bits per heavy atom. The summed E-state index contributed by atoms with van der Waals surface area (Å²) < 4.78 is 5.39. The molecule has 32 heavy (non-hydrogen) atoms. The van der Waals surface area contributed by atoms with Crippen LogP contribution in [0, 0.1) is 6.92 Å². The molecule has 0 radical (unpaired) electrons. The van der Waals surface area contributed by atoms with Crippen molar-refractivity contribution in [2.75, 3.05) is 33.3 Å². The minimum Gasteiger partial charge on any atom is -0.507 e. The molecule has 3 rings (SSSR count). The smallest absolute Gasteiger partial charge is 0.295 e. The number of aliphatic hydroxyl groups is 1. The third kappa shape index (κ3) is 4.49. The number of carbonyl (C=O) groups is 2. The van der Waals surface area contributed by atoms with E-state index in [0.717, 1.165) is 18.7 Å². The van der Waals surface area contributed by atoms with Gasteiger partial charge in [0, 0.05) is 25.5 Å². The van der Waals surface area contributed by atoms with Gasteiger partial charge in [0.1, 0.15) is 11.5 Å². The number of benzene rings is 1. The molecule has 1 aromatic heterocycles. The number of rotatable bonds is 8. The number of Topliss-reactive ketones (excluding diaryl/α,β-unsaturated/α-hetero) is 1. The maximum absolute atomic E-state index is 13.2. The van der Waals surface area contributed by atoms with Gasteiger partial charge < -0.3 is 19.6 Å². The molecule has 8 heteroatoms. The van der Waals surface area contributed by atoms with Crippen LogP contribution in [0.3, 0.4) is 0 Å². The molecule has 1 aromatic carbocycles. The quantitative estimate of drug-likeness (QED) is 0.368. The fraction of sp³-hybridized carbons (Fsp3) is 0.375. The number of hydrogen-bond acceptors (Lipinski definition) is 6. The third-order valence-corrected chi connectivity index (χ3v) is 6.02. The molecule has 1 aliphatic heterocycles. The van der Waals surface area contributed by atoms with Crippen LogP contribution in [0.25, 0.3) is 5.76 Å². The zero-order valence-electron chi connectivity index (χ0n) is 18.8. The largest absolute Gasteiger partial charge is 0.507 e. The Labute approximate surface area is 193 Å². The molecule has 0 aliphatic carbocycles. The Bertz CT molecular complexity index is 1040. The van der Waals surface area contributed by atoms with Crippen molar-refractivity contribution in [3.8, 4) is 5.75 Å². The van der Waals surface area contributed by atoms with Crippen molar-refractivity contribution in [1.82, 2.24) is 14.8 Å². The Balaban J connectivity index is 2.17. The summed E-state index contributed by atoms with van der Waals surface area (Å²) in [7, 11) is 1.44. The number of carbonyl (C=O) groups excluding carboxylic acids is 2. The van der Waals surface area contributed by atoms with Gasteiger partial charge in [0.15, 0.2) is 0 Å². The van der Waals surface area contributed by atoms with Crippen molar-refractivity contribution in [2.24, 2.45) is 0 Å². The van der Waals surface area contributed by atoms with Crippen molar-refractivity contribution < 1.29 is 19.4 Å². The van der Waals surface area contributed by atoms with Crippen LogP contribution in [0.2, 0.25) is 5.02 Å². The number of methoxy groups -OCH3 is 1. The maximum atomic E-state index is 13.2. The zero-order chi connectivity index (χ0) is 23.4. The minimum absolute atomic E-state index is 0.00233. The Hall–Kier alpha value is -2.90. The molecular weight excluding hydrogens is 430 g/mol. The molecule has 1 unspecified atom stereocenters. The average Bonchev–Trinajstić information content (AvgIpc) is 3.04. The number of aliphatic hydroxyl groups excluding tert-OH is 1. The number of ether oxygens (including phenoxy) is 1. The van der Waals surface area contributed by atoms with Gasteiger partial charge in [0.2, 0.25) is 0 Å². The van der Waals surface area contributed by atoms with E-state index in [2.05, 4.69) is 9.88 Å². The number of aromatic nitrogens is 1. The number of aryl methyl sites for hydroxylation is 1. The van der Waals surface area contributed by atoms with Gasteiger partial charge in [0.25, 0.3) is 11.7 Å². The second-order valence-electron chi connectivity index (χ2n) is 7.63. The van der Waals surface area contributed by atoms with Crippen LogP contribution in [0.15, 0.2) is 42.2 Å². The molecule has 170 valence electrons. The van der Waals surface area contributed by atoms with Gasteiger partial charge in [-0.05, 0) is 49.3 Å². The second-order valence-corrected chi connectivity index (χ2v) is 8.04. The van der Waals surface area contributed by atoms with Crippen molar-refractivity contribution in [2.45, 2.75) is 26.8 Å². The summed E-state index contributed by atoms with van der Waals surface area (Å²) in [5, 5.41) is 11.6. The van der Waals surface area contributed by atoms with Crippen LogP contribution in [0.5, 0.6) is 5.75 Å². The summed E-state index contributed by atoms with van der Waals surface area (Å²) in [4.78, 5) is 34.0. The standard InChI is InChI=1S/C24H28ClN3O4/c1-5-27(6-2)10-11-28-20(16-8-7-9-26-14-16)19(22(30)24(28)31)21(29)17-12-15(3)13-18(25)23(17)32-4/h7-9,12-14,20,29H,5-6,10-11H2,1-4H3/b21-19+. The van der Waals surface area contributed by atoms with E-state index in [1.54, 1.807) is 36.7 Å². The highest BCUT2D eigenvalue weighted by Crippen LogP contribution is 2.42. The van der Waals surface area contributed by atoms with Gasteiger partial charge in [-0.3, -0.25) is 14.6 Å². The first kappa shape index (κ1) is 23.8. The molecule has 1 fully saturated rings. The zero-order valence-corrected chi connectivity index (χ0v) is 19.5. The van der Waals surface area contributed by atoms with E-state index in [1.807, 2.05) is 20.8 Å². The number of ketones is 1. The molecule has 0 spiro atoms. The van der Waals surface area contributed by atoms with Crippen LogP contribution in [0.1, 0.15) is 36.6 Å². The molecule has 0 bridgehead atoms. The van der Waals surface area contributed by atoms with Gasteiger partial charge in [-0.1, -0.05) is 31.5 Å². The van der Waals surface area contributed by atoms with Gasteiger partial charge in [-0.2, -0.15) is 0 Å². The van der Waals surface area contributed by atoms with Gasteiger partial charge in [-0.25, -0.2) is 0 Å². The molecule has 7 nitrogen and oxygen atoms in total. The molecular formula is C24H28ClN3O4. The summed E-state index contributed by atoms with van der Waals surface area (Å²) >= 11 is 6.31. The number of nitrogens with zero attached hydrogens (tertiary/aromatic N) is 3. The number of hydrogen-bond donors (Lipinski definition) is 1. The lowest BCUT2D eigenvalue weighted by atomic mass is 9.95. The molecule has 2 aromatic rings. The fourth-order valence-corrected chi connectivity index (χ4v) is 4.39. The normalized spacial score (nSPS) is 17.9. The van der Waals surface area contributed by atoms with Crippen LogP contribution >= 0.6 is 11.6 Å². The molecule has 1 amide bonds. The van der Waals surface area contributed by atoms with Crippen LogP contribution in [0.4, 0.5) is 0 Å². The number of likely N-dealkylation sites (tertiary alicyclic amines) is 1. The molecule has 1 saturated heterocycles. The highest BCUT2D eigenvalue weighted by atomic mass is 35.5. The average molecular weight is 458 g/mol. The lowest BCUT2D eigenvalue weighted by molar-refractivity contribution is -0.140. The lowest BCUT2D eigenvalue weighted by Gasteiger charge is -2.28. The lowest BCUT2D eigenvalue weighted by Crippen LogP contribution is -2.38. The van der Waals surface area contributed by atoms with Gasteiger partial charge in [-0.15, -0.1) is 0 Å². The fourth-order valence-electron chi connectivity index (χ4n) is 4.04. The maximum Gasteiger partial charge on any atom is 0.295 e. The summed E-state index contributed by atoms with van der Waals surface area (Å²) in [6, 6.07) is 6.16. The van der Waals surface area contributed by atoms with E-state index in [1.165, 1.54) is 12.0 Å². The van der Waals surface area contributed by atoms with Crippen molar-refractivity contribution in [3.63, 3.8) is 0 Å². The summed E-state index contributed by atoms with van der Waals surface area (Å²) in [5.41, 5.74) is 1.70. The van der Waals surface area contributed by atoms with Crippen molar-refractivity contribution in [1.29, 1.82) is 0 Å². The first-order valence-corrected chi connectivity index (χ1v) is 11.0. The van der Waals surface area contributed by atoms with Crippen molar-refractivity contribution >= 4 is 29.1 Å². The van der Waals surface area contributed by atoms with E-state index in [9.17, 15) is 14.7 Å². The van der Waals surface area contributed by atoms with E-state index in [4.69, 9.17) is 16.3 Å². The molecule has 0 saturated carbocycles. The highest BCUT2D eigenvalue weighted by molar-refractivity contribution is 6.46. The summed E-state index contributed by atoms with van der Waals surface area (Å²) in [6.45, 7) is 8.52. The molecule has 1 N–H and O–H groups in total. The summed E-state index contributed by atoms with van der Waals surface area (Å²) in [5.74, 6) is -1.46. The van der Waals surface area contributed by atoms with E-state index < -0.39 is 17.7 Å². The topological polar surface area (TPSA) is 83.0 Å². The Kier molecular flexibility index (Phi) is 7.53. The van der Waals surface area contributed by atoms with Crippen LogP contribution in [-0.4, -0.2) is 64.9 Å². The third-order valence-electron chi connectivity index (χ3n) is 5.74. The van der Waals surface area contributed by atoms with Crippen LogP contribution < -0.4 is 4.74 Å². The van der Waals surface area contributed by atoms with Crippen molar-refractivity contribution in [3.05, 3.63) is 63.9 Å². The van der Waals surface area contributed by atoms with E-state index in [0.29, 0.717) is 23.7 Å². The number of halogens is 1. The number of likely N-dealkylation sites (N-methyl/N-ethyl adjacent to an activating group) is 1.